The number of piperazine rings is 1. The molecule has 1 amide bonds. The van der Waals surface area contributed by atoms with E-state index in [0.717, 1.165) is 35.9 Å². The molecule has 2 heterocycles. The number of carbonyl (C=O) groups excluding carboxylic acids is 2. The first-order valence-electron chi connectivity index (χ1n) is 9.95. The maximum Gasteiger partial charge on any atom is 0.339 e. The molecule has 0 aliphatic carbocycles. The fourth-order valence-corrected chi connectivity index (χ4v) is 3.72. The van der Waals surface area contributed by atoms with Crippen LogP contribution in [0.3, 0.4) is 0 Å². The van der Waals surface area contributed by atoms with Gasteiger partial charge < -0.3 is 23.8 Å². The molecule has 0 saturated carbocycles. The van der Waals surface area contributed by atoms with Gasteiger partial charge in [0.15, 0.2) is 0 Å². The van der Waals surface area contributed by atoms with Crippen molar-refractivity contribution in [2.24, 2.45) is 0 Å². The zero-order valence-corrected chi connectivity index (χ0v) is 17.6. The van der Waals surface area contributed by atoms with E-state index in [0.29, 0.717) is 25.3 Å². The maximum atomic E-state index is 12.9. The highest BCUT2D eigenvalue weighted by atomic mass is 16.5. The Balaban J connectivity index is 1.62. The second-order valence-corrected chi connectivity index (χ2v) is 7.16. The first-order valence-corrected chi connectivity index (χ1v) is 9.95. The van der Waals surface area contributed by atoms with E-state index in [1.807, 2.05) is 41.5 Å². The molecule has 0 N–H and O–H groups in total. The van der Waals surface area contributed by atoms with E-state index in [1.165, 1.54) is 0 Å². The zero-order chi connectivity index (χ0) is 21.0. The molecular formula is C22H29N3O4. The van der Waals surface area contributed by atoms with Crippen LogP contribution in [0.25, 0.3) is 0 Å². The number of nitrogens with zero attached hydrogens (tertiary/aromatic N) is 3. The van der Waals surface area contributed by atoms with Gasteiger partial charge in [-0.25, -0.2) is 4.79 Å². The Bertz CT molecular complexity index is 882. The largest absolute Gasteiger partial charge is 0.497 e. The topological polar surface area (TPSA) is 64.0 Å². The lowest BCUT2D eigenvalue weighted by Gasteiger charge is -2.36. The number of esters is 1. The second kappa shape index (κ2) is 9.03. The third-order valence-corrected chi connectivity index (χ3v) is 5.41. The third kappa shape index (κ3) is 4.55. The molecule has 1 aromatic carbocycles. The van der Waals surface area contributed by atoms with Gasteiger partial charge in [0.1, 0.15) is 12.3 Å². The van der Waals surface area contributed by atoms with E-state index < -0.39 is 0 Å². The molecule has 0 radical (unpaired) electrons. The molecule has 1 saturated heterocycles. The van der Waals surface area contributed by atoms with Crippen molar-refractivity contribution in [2.45, 2.75) is 27.3 Å². The summed E-state index contributed by atoms with van der Waals surface area (Å²) in [4.78, 5) is 29.1. The minimum Gasteiger partial charge on any atom is -0.497 e. The van der Waals surface area contributed by atoms with Crippen LogP contribution in [0.1, 0.15) is 28.7 Å². The quantitative estimate of drug-likeness (QED) is 0.699. The molecule has 29 heavy (non-hydrogen) atoms. The number of benzene rings is 1. The summed E-state index contributed by atoms with van der Waals surface area (Å²) in [5, 5.41) is 0. The van der Waals surface area contributed by atoms with Crippen molar-refractivity contribution in [1.29, 1.82) is 0 Å². The van der Waals surface area contributed by atoms with E-state index in [2.05, 4.69) is 11.0 Å². The molecule has 7 heteroatoms. The highest BCUT2D eigenvalue weighted by molar-refractivity contribution is 5.91. The summed E-state index contributed by atoms with van der Waals surface area (Å²) < 4.78 is 12.3. The minimum atomic E-state index is -0.341. The van der Waals surface area contributed by atoms with Gasteiger partial charge in [-0.1, -0.05) is 6.07 Å². The molecule has 3 rings (SSSR count). The van der Waals surface area contributed by atoms with Crippen LogP contribution in [0.4, 0.5) is 5.69 Å². The van der Waals surface area contributed by atoms with Crippen LogP contribution in [0.2, 0.25) is 0 Å². The van der Waals surface area contributed by atoms with E-state index in [4.69, 9.17) is 9.47 Å². The standard InChI is InChI=1S/C22H29N3O4/c1-5-29-22(27)20-13-16(2)25(17(20)3)15-21(26)24-11-9-23(10-12-24)18-7-6-8-19(14-18)28-4/h6-8,13-14H,5,9-12,15H2,1-4H3. The Morgan fingerprint density at radius 3 is 2.45 bits per heavy atom. The number of ether oxygens (including phenoxy) is 2. The Labute approximate surface area is 171 Å². The van der Waals surface area contributed by atoms with E-state index in [-0.39, 0.29) is 18.4 Å². The van der Waals surface area contributed by atoms with Crippen molar-refractivity contribution >= 4 is 17.6 Å². The molecule has 1 aliphatic rings. The van der Waals surface area contributed by atoms with Gasteiger partial charge in [-0.15, -0.1) is 0 Å². The maximum absolute atomic E-state index is 12.9. The molecule has 156 valence electrons. The number of carbonyl (C=O) groups is 2. The second-order valence-electron chi connectivity index (χ2n) is 7.16. The van der Waals surface area contributed by atoms with Crippen LogP contribution in [-0.2, 0) is 16.1 Å². The lowest BCUT2D eigenvalue weighted by atomic mass is 10.2. The monoisotopic (exact) mass is 399 g/mol. The van der Waals surface area contributed by atoms with Crippen molar-refractivity contribution in [1.82, 2.24) is 9.47 Å². The zero-order valence-electron chi connectivity index (χ0n) is 17.6. The Morgan fingerprint density at radius 2 is 1.79 bits per heavy atom. The van der Waals surface area contributed by atoms with E-state index in [1.54, 1.807) is 20.1 Å². The van der Waals surface area contributed by atoms with Crippen LogP contribution >= 0.6 is 0 Å². The summed E-state index contributed by atoms with van der Waals surface area (Å²) in [6.07, 6.45) is 0. The van der Waals surface area contributed by atoms with Gasteiger partial charge in [-0.2, -0.15) is 0 Å². The SMILES string of the molecule is CCOC(=O)c1cc(C)n(CC(=O)N2CCN(c3cccc(OC)c3)CC2)c1C. The van der Waals surface area contributed by atoms with Crippen molar-refractivity contribution in [2.75, 3.05) is 44.8 Å². The van der Waals surface area contributed by atoms with Gasteiger partial charge >= 0.3 is 5.97 Å². The first-order chi connectivity index (χ1) is 13.9. The lowest BCUT2D eigenvalue weighted by Crippen LogP contribution is -2.49. The Morgan fingerprint density at radius 1 is 1.07 bits per heavy atom. The van der Waals surface area contributed by atoms with Gasteiger partial charge in [-0.3, -0.25) is 4.79 Å². The molecule has 1 aliphatic heterocycles. The fourth-order valence-electron chi connectivity index (χ4n) is 3.72. The molecule has 1 aromatic heterocycles. The summed E-state index contributed by atoms with van der Waals surface area (Å²) in [5.41, 5.74) is 3.28. The molecule has 0 bridgehead atoms. The van der Waals surface area contributed by atoms with Gasteiger partial charge in [0, 0.05) is 49.3 Å². The average molecular weight is 399 g/mol. The molecule has 7 nitrogen and oxygen atoms in total. The van der Waals surface area contributed by atoms with Gasteiger partial charge in [-0.05, 0) is 39.0 Å². The summed E-state index contributed by atoms with van der Waals surface area (Å²) in [6, 6.07) is 9.77. The summed E-state index contributed by atoms with van der Waals surface area (Å²) in [6.45, 7) is 8.99. The smallest absolute Gasteiger partial charge is 0.339 e. The molecule has 2 aromatic rings. The van der Waals surface area contributed by atoms with Crippen LogP contribution in [0, 0.1) is 13.8 Å². The van der Waals surface area contributed by atoms with Gasteiger partial charge in [0.05, 0.1) is 19.3 Å². The third-order valence-electron chi connectivity index (χ3n) is 5.41. The van der Waals surface area contributed by atoms with Crippen molar-refractivity contribution in [3.8, 4) is 5.75 Å². The number of methoxy groups -OCH3 is 1. The molecule has 0 atom stereocenters. The van der Waals surface area contributed by atoms with Crippen LogP contribution in [-0.4, -0.2) is 61.2 Å². The number of aryl methyl sites for hydroxylation is 1. The predicted molar refractivity (Wildman–Crippen MR) is 112 cm³/mol. The molecule has 1 fully saturated rings. The van der Waals surface area contributed by atoms with Crippen molar-refractivity contribution in [3.05, 3.63) is 47.3 Å². The number of hydrogen-bond donors (Lipinski definition) is 0. The number of amides is 1. The average Bonchev–Trinajstić information content (AvgIpc) is 3.02. The number of anilines is 1. The van der Waals surface area contributed by atoms with Gasteiger partial charge in [0.2, 0.25) is 5.91 Å². The molecular weight excluding hydrogens is 370 g/mol. The fraction of sp³-hybridized carbons (Fsp3) is 0.455. The van der Waals surface area contributed by atoms with Crippen LogP contribution in [0.15, 0.2) is 30.3 Å². The number of hydrogen-bond acceptors (Lipinski definition) is 5. The predicted octanol–water partition coefficient (Wildman–Crippen LogP) is 2.64. The minimum absolute atomic E-state index is 0.0625. The van der Waals surface area contributed by atoms with Crippen molar-refractivity contribution < 1.29 is 19.1 Å². The summed E-state index contributed by atoms with van der Waals surface area (Å²) in [7, 11) is 1.66. The Hall–Kier alpha value is -2.96. The first kappa shape index (κ1) is 20.8. The number of aromatic nitrogens is 1. The van der Waals surface area contributed by atoms with Crippen LogP contribution < -0.4 is 9.64 Å². The summed E-state index contributed by atoms with van der Waals surface area (Å²) in [5.74, 6) is 0.552. The number of rotatable bonds is 6. The van der Waals surface area contributed by atoms with Gasteiger partial charge in [0.25, 0.3) is 0 Å². The lowest BCUT2D eigenvalue weighted by molar-refractivity contribution is -0.132. The Kier molecular flexibility index (Phi) is 6.46. The highest BCUT2D eigenvalue weighted by Gasteiger charge is 2.24. The normalized spacial score (nSPS) is 14.1. The summed E-state index contributed by atoms with van der Waals surface area (Å²) >= 11 is 0. The van der Waals surface area contributed by atoms with Crippen LogP contribution in [0.5, 0.6) is 5.75 Å². The van der Waals surface area contributed by atoms with Crippen molar-refractivity contribution in [3.63, 3.8) is 0 Å². The van der Waals surface area contributed by atoms with E-state index in [9.17, 15) is 9.59 Å². The highest BCUT2D eigenvalue weighted by Crippen LogP contribution is 2.22. The van der Waals surface area contributed by atoms with E-state index >= 15 is 0 Å². The molecule has 0 spiro atoms. The molecule has 0 unspecified atom stereocenters.